The van der Waals surface area contributed by atoms with Crippen molar-refractivity contribution < 1.29 is 27.6 Å². The van der Waals surface area contributed by atoms with Gasteiger partial charge < -0.3 is 9.64 Å². The van der Waals surface area contributed by atoms with Crippen molar-refractivity contribution >= 4 is 33.4 Å². The molecule has 42 heavy (non-hydrogen) atoms. The second-order valence-electron chi connectivity index (χ2n) is 10.6. The molecule has 2 N–H and O–H groups in total. The third-order valence-corrected chi connectivity index (χ3v) is 8.72. The fraction of sp³-hybridized carbons (Fsp3) is 0.367. The number of rotatable bonds is 9. The Hall–Kier alpha value is -3.51. The minimum Gasteiger partial charge on any atom is -0.481 e. The molecule has 222 valence electrons. The summed E-state index contributed by atoms with van der Waals surface area (Å²) >= 11 is 6.22. The van der Waals surface area contributed by atoms with E-state index in [1.807, 2.05) is 0 Å². The van der Waals surface area contributed by atoms with Crippen LogP contribution in [0.3, 0.4) is 0 Å². The van der Waals surface area contributed by atoms with Gasteiger partial charge in [-0.05, 0) is 53.8 Å². The topological polar surface area (TPSA) is 127 Å². The van der Waals surface area contributed by atoms with E-state index in [2.05, 4.69) is 15.2 Å². The minimum absolute atomic E-state index is 0.0638. The summed E-state index contributed by atoms with van der Waals surface area (Å²) in [6.07, 6.45) is 5.52. The fourth-order valence-corrected chi connectivity index (χ4v) is 6.89. The van der Waals surface area contributed by atoms with Crippen LogP contribution in [-0.4, -0.2) is 55.6 Å². The molecule has 1 aliphatic heterocycles. The monoisotopic (exact) mass is 612 g/mol. The molecular weight excluding hydrogens is 580 g/mol. The number of nitrogens with one attached hydrogen (secondary N) is 2. The van der Waals surface area contributed by atoms with E-state index in [0.717, 1.165) is 24.7 Å². The number of hydrogen-bond acceptors (Lipinski definition) is 7. The smallest absolute Gasteiger partial charge is 0.255 e. The van der Waals surface area contributed by atoms with Crippen molar-refractivity contribution in [3.05, 3.63) is 94.1 Å². The second-order valence-corrected chi connectivity index (χ2v) is 12.8. The minimum atomic E-state index is -3.55. The number of halogens is 1. The summed E-state index contributed by atoms with van der Waals surface area (Å²) in [6.45, 7) is 0.0638. The summed E-state index contributed by atoms with van der Waals surface area (Å²) in [6, 6.07) is 15.8. The predicted octanol–water partition coefficient (Wildman–Crippen LogP) is 4.13. The van der Waals surface area contributed by atoms with E-state index in [-0.39, 0.29) is 12.5 Å². The molecule has 1 aliphatic carbocycles. The maximum Gasteiger partial charge on any atom is 0.255 e. The van der Waals surface area contributed by atoms with Crippen LogP contribution in [-0.2, 0) is 26.3 Å². The molecule has 1 fully saturated rings. The van der Waals surface area contributed by atoms with Crippen molar-refractivity contribution in [2.75, 3.05) is 13.4 Å². The highest BCUT2D eigenvalue weighted by atomic mass is 35.5. The van der Waals surface area contributed by atoms with Gasteiger partial charge in [-0.2, -0.15) is 0 Å². The average molecular weight is 613 g/mol. The van der Waals surface area contributed by atoms with Gasteiger partial charge in [-0.25, -0.2) is 23.6 Å². The van der Waals surface area contributed by atoms with Crippen LogP contribution < -0.4 is 14.9 Å². The van der Waals surface area contributed by atoms with Gasteiger partial charge in [-0.1, -0.05) is 54.8 Å². The molecule has 0 bridgehead atoms. The Morgan fingerprint density at radius 3 is 2.50 bits per heavy atom. The lowest BCUT2D eigenvalue weighted by Gasteiger charge is -2.49. The molecule has 3 aromatic rings. The number of hydroxylamine groups is 1. The summed E-state index contributed by atoms with van der Waals surface area (Å²) in [5.74, 6) is -1.09. The molecule has 1 saturated carbocycles. The van der Waals surface area contributed by atoms with Crippen LogP contribution in [0.4, 0.5) is 0 Å². The van der Waals surface area contributed by atoms with Crippen molar-refractivity contribution in [1.29, 1.82) is 0 Å². The quantitative estimate of drug-likeness (QED) is 0.348. The number of aromatic nitrogens is 1. The van der Waals surface area contributed by atoms with E-state index in [4.69, 9.17) is 21.2 Å². The Morgan fingerprint density at radius 1 is 1.07 bits per heavy atom. The zero-order chi connectivity index (χ0) is 29.9. The van der Waals surface area contributed by atoms with Crippen LogP contribution >= 0.6 is 11.6 Å². The number of fused-ring (bicyclic) bond motifs is 1. The van der Waals surface area contributed by atoms with Crippen molar-refractivity contribution in [3.8, 4) is 5.88 Å². The molecule has 10 nitrogen and oxygen atoms in total. The third kappa shape index (κ3) is 6.59. The Bertz CT molecular complexity index is 1530. The molecule has 0 saturated heterocycles. The van der Waals surface area contributed by atoms with E-state index in [1.54, 1.807) is 71.8 Å². The molecule has 0 spiro atoms. The standard InChI is InChI=1S/C30H33ClN4O6S/c1-40-26-16-11-19(17-32-26)18-41-33-29(36)27-22-7-3-4-8-23(22)30(37)35(28(27)20-12-14-21(31)15-13-20)25-10-6-5-9-24(25)34-42(2,38)39/h3-4,7-8,11-17,24-25,27-28,34H,5-6,9-10,18H2,1-2H3,(H,33,36)/t24-,25?,27+,28-/m0/s1. The second kappa shape index (κ2) is 12.8. The number of methoxy groups -OCH3 is 1. The first kappa shape index (κ1) is 30.0. The SMILES string of the molecule is COc1ccc(CONC(=O)[C@@H]2c3ccccc3C(=O)N(C3CCCC[C@@H]3NS(C)(=O)=O)[C@H]2c2ccc(Cl)cc2)cn1. The lowest BCUT2D eigenvalue weighted by atomic mass is 9.76. The van der Waals surface area contributed by atoms with Gasteiger partial charge in [0.25, 0.3) is 11.8 Å². The summed E-state index contributed by atoms with van der Waals surface area (Å²) < 4.78 is 32.5. The van der Waals surface area contributed by atoms with E-state index < -0.39 is 40.0 Å². The number of carbonyl (C=O) groups is 2. The van der Waals surface area contributed by atoms with Gasteiger partial charge in [0.2, 0.25) is 15.9 Å². The van der Waals surface area contributed by atoms with Gasteiger partial charge in [-0.15, -0.1) is 0 Å². The van der Waals surface area contributed by atoms with Gasteiger partial charge in [-0.3, -0.25) is 14.4 Å². The maximum atomic E-state index is 14.2. The summed E-state index contributed by atoms with van der Waals surface area (Å²) in [5, 5.41) is 0.513. The molecule has 2 amide bonds. The van der Waals surface area contributed by atoms with Crippen LogP contribution in [0.15, 0.2) is 66.9 Å². The third-order valence-electron chi connectivity index (χ3n) is 7.74. The van der Waals surface area contributed by atoms with E-state index in [1.165, 1.54) is 7.11 Å². The van der Waals surface area contributed by atoms with Crippen molar-refractivity contribution in [1.82, 2.24) is 20.1 Å². The van der Waals surface area contributed by atoms with Crippen LogP contribution in [0.5, 0.6) is 5.88 Å². The van der Waals surface area contributed by atoms with E-state index in [9.17, 15) is 18.0 Å². The Balaban J connectivity index is 1.53. The molecule has 12 heteroatoms. The van der Waals surface area contributed by atoms with Gasteiger partial charge in [0.05, 0.1) is 25.3 Å². The number of hydrogen-bond donors (Lipinski definition) is 2. The Labute approximate surface area is 250 Å². The average Bonchev–Trinajstić information content (AvgIpc) is 2.97. The largest absolute Gasteiger partial charge is 0.481 e. The van der Waals surface area contributed by atoms with Gasteiger partial charge in [0, 0.05) is 34.9 Å². The summed E-state index contributed by atoms with van der Waals surface area (Å²) in [4.78, 5) is 39.7. The molecule has 5 rings (SSSR count). The number of benzene rings is 2. The van der Waals surface area contributed by atoms with Gasteiger partial charge in [0.15, 0.2) is 0 Å². The first-order valence-corrected chi connectivity index (χ1v) is 16.0. The van der Waals surface area contributed by atoms with E-state index in [0.29, 0.717) is 40.4 Å². The highest BCUT2D eigenvalue weighted by Crippen LogP contribution is 2.46. The highest BCUT2D eigenvalue weighted by Gasteiger charge is 2.49. The molecule has 2 aliphatic rings. The lowest BCUT2D eigenvalue weighted by molar-refractivity contribution is -0.138. The molecular formula is C30H33ClN4O6S. The fourth-order valence-electron chi connectivity index (χ4n) is 5.94. The first-order chi connectivity index (χ1) is 20.2. The Kier molecular flexibility index (Phi) is 9.12. The van der Waals surface area contributed by atoms with E-state index >= 15 is 0 Å². The highest BCUT2D eigenvalue weighted by molar-refractivity contribution is 7.88. The number of ether oxygens (including phenoxy) is 1. The molecule has 4 atom stereocenters. The predicted molar refractivity (Wildman–Crippen MR) is 157 cm³/mol. The first-order valence-electron chi connectivity index (χ1n) is 13.7. The zero-order valence-corrected chi connectivity index (χ0v) is 24.9. The van der Waals surface area contributed by atoms with Crippen molar-refractivity contribution in [2.24, 2.45) is 0 Å². The Morgan fingerprint density at radius 2 is 1.81 bits per heavy atom. The summed E-state index contributed by atoms with van der Waals surface area (Å²) in [5.41, 5.74) is 4.98. The van der Waals surface area contributed by atoms with Crippen molar-refractivity contribution in [2.45, 2.75) is 56.3 Å². The molecule has 0 radical (unpaired) electrons. The zero-order valence-electron chi connectivity index (χ0n) is 23.3. The molecule has 1 unspecified atom stereocenters. The molecule has 2 aromatic carbocycles. The van der Waals surface area contributed by atoms with Crippen LogP contribution in [0.1, 0.15) is 64.7 Å². The van der Waals surface area contributed by atoms with Gasteiger partial charge in [0.1, 0.15) is 6.61 Å². The van der Waals surface area contributed by atoms with Crippen LogP contribution in [0, 0.1) is 0 Å². The van der Waals surface area contributed by atoms with Crippen molar-refractivity contribution in [3.63, 3.8) is 0 Å². The lowest BCUT2D eigenvalue weighted by Crippen LogP contribution is -2.59. The van der Waals surface area contributed by atoms with Crippen LogP contribution in [0.25, 0.3) is 0 Å². The maximum absolute atomic E-state index is 14.2. The number of sulfonamides is 1. The summed E-state index contributed by atoms with van der Waals surface area (Å²) in [7, 11) is -2.03. The molecule has 1 aromatic heterocycles. The van der Waals surface area contributed by atoms with Crippen LogP contribution in [0.2, 0.25) is 5.02 Å². The van der Waals surface area contributed by atoms with Gasteiger partial charge >= 0.3 is 0 Å². The number of amides is 2. The number of nitrogens with zero attached hydrogens (tertiary/aromatic N) is 2. The molecule has 2 heterocycles. The normalized spacial score (nSPS) is 22.4. The number of pyridine rings is 1. The number of carbonyl (C=O) groups excluding carboxylic acids is 2.